The molecule has 142 valence electrons. The van der Waals surface area contributed by atoms with Crippen LogP contribution in [0.3, 0.4) is 0 Å². The normalized spacial score (nSPS) is 14.1. The molecular weight excluding hydrogens is 342 g/mol. The number of rotatable bonds is 5. The molecule has 1 saturated heterocycles. The quantitative estimate of drug-likeness (QED) is 0.808. The Morgan fingerprint density at radius 2 is 1.74 bits per heavy atom. The molecule has 27 heavy (non-hydrogen) atoms. The molecule has 2 aromatic heterocycles. The van der Waals surface area contributed by atoms with Gasteiger partial charge in [0.1, 0.15) is 11.5 Å². The predicted octanol–water partition coefficient (Wildman–Crippen LogP) is 1.92. The van der Waals surface area contributed by atoms with Crippen LogP contribution in [0, 0.1) is 0 Å². The molecule has 3 heterocycles. The SMILES string of the molecule is CCN(CC)C(=O)c1ccnc(C(=O)N2CCN(c3ccccn3)CC2)c1. The van der Waals surface area contributed by atoms with Crippen molar-refractivity contribution >= 4 is 17.6 Å². The molecule has 0 aliphatic carbocycles. The van der Waals surface area contributed by atoms with E-state index >= 15 is 0 Å². The van der Waals surface area contributed by atoms with Crippen molar-refractivity contribution in [2.75, 3.05) is 44.2 Å². The molecule has 0 saturated carbocycles. The zero-order valence-electron chi connectivity index (χ0n) is 15.8. The number of nitrogens with zero attached hydrogens (tertiary/aromatic N) is 5. The number of carbonyl (C=O) groups excluding carboxylic acids is 2. The van der Waals surface area contributed by atoms with Crippen molar-refractivity contribution in [3.8, 4) is 0 Å². The van der Waals surface area contributed by atoms with Gasteiger partial charge in [-0.15, -0.1) is 0 Å². The van der Waals surface area contributed by atoms with Crippen molar-refractivity contribution in [3.63, 3.8) is 0 Å². The Balaban J connectivity index is 1.67. The van der Waals surface area contributed by atoms with Gasteiger partial charge in [-0.3, -0.25) is 14.6 Å². The van der Waals surface area contributed by atoms with Crippen molar-refractivity contribution in [1.29, 1.82) is 0 Å². The van der Waals surface area contributed by atoms with Crippen LogP contribution in [0.1, 0.15) is 34.7 Å². The second kappa shape index (κ2) is 8.62. The predicted molar refractivity (Wildman–Crippen MR) is 104 cm³/mol. The number of aromatic nitrogens is 2. The van der Waals surface area contributed by atoms with E-state index in [1.165, 1.54) is 6.20 Å². The van der Waals surface area contributed by atoms with Crippen LogP contribution >= 0.6 is 0 Å². The van der Waals surface area contributed by atoms with E-state index < -0.39 is 0 Å². The molecule has 0 unspecified atom stereocenters. The Bertz CT molecular complexity index is 784. The minimum Gasteiger partial charge on any atom is -0.353 e. The second-order valence-electron chi connectivity index (χ2n) is 6.37. The van der Waals surface area contributed by atoms with Crippen molar-refractivity contribution in [1.82, 2.24) is 19.8 Å². The summed E-state index contributed by atoms with van der Waals surface area (Å²) in [6.07, 6.45) is 3.31. The van der Waals surface area contributed by atoms with Crippen LogP contribution in [0.4, 0.5) is 5.82 Å². The minimum absolute atomic E-state index is 0.0728. The summed E-state index contributed by atoms with van der Waals surface area (Å²) in [5.41, 5.74) is 0.823. The molecule has 7 nitrogen and oxygen atoms in total. The maximum absolute atomic E-state index is 12.8. The van der Waals surface area contributed by atoms with Crippen LogP contribution in [-0.2, 0) is 0 Å². The summed E-state index contributed by atoms with van der Waals surface area (Å²) in [5.74, 6) is 0.718. The van der Waals surface area contributed by atoms with E-state index in [1.54, 1.807) is 28.1 Å². The number of hydrogen-bond acceptors (Lipinski definition) is 5. The highest BCUT2D eigenvalue weighted by Crippen LogP contribution is 2.15. The van der Waals surface area contributed by atoms with Gasteiger partial charge in [-0.25, -0.2) is 4.98 Å². The summed E-state index contributed by atoms with van der Waals surface area (Å²) in [6, 6.07) is 9.09. The van der Waals surface area contributed by atoms with Gasteiger partial charge in [0.15, 0.2) is 0 Å². The van der Waals surface area contributed by atoms with Crippen LogP contribution in [0.2, 0.25) is 0 Å². The molecule has 3 rings (SSSR count). The van der Waals surface area contributed by atoms with Crippen LogP contribution in [0.5, 0.6) is 0 Å². The lowest BCUT2D eigenvalue weighted by molar-refractivity contribution is 0.0740. The molecule has 2 aromatic rings. The first-order valence-corrected chi connectivity index (χ1v) is 9.34. The second-order valence-corrected chi connectivity index (χ2v) is 6.37. The van der Waals surface area contributed by atoms with Gasteiger partial charge in [0.05, 0.1) is 0 Å². The molecule has 0 radical (unpaired) electrons. The molecular formula is C20H25N5O2. The number of pyridine rings is 2. The van der Waals surface area contributed by atoms with Gasteiger partial charge in [0.2, 0.25) is 0 Å². The molecule has 0 bridgehead atoms. The van der Waals surface area contributed by atoms with Crippen LogP contribution in [0.15, 0.2) is 42.7 Å². The maximum atomic E-state index is 12.8. The highest BCUT2D eigenvalue weighted by Gasteiger charge is 2.24. The summed E-state index contributed by atoms with van der Waals surface area (Å²) in [7, 11) is 0. The van der Waals surface area contributed by atoms with E-state index in [2.05, 4.69) is 14.9 Å². The fourth-order valence-corrected chi connectivity index (χ4v) is 3.22. The van der Waals surface area contributed by atoms with Crippen molar-refractivity contribution in [2.45, 2.75) is 13.8 Å². The Hall–Kier alpha value is -2.96. The van der Waals surface area contributed by atoms with E-state index in [0.717, 1.165) is 18.9 Å². The van der Waals surface area contributed by atoms with E-state index in [-0.39, 0.29) is 11.8 Å². The van der Waals surface area contributed by atoms with Crippen LogP contribution in [0.25, 0.3) is 0 Å². The molecule has 1 aliphatic heterocycles. The van der Waals surface area contributed by atoms with Gasteiger partial charge in [0.25, 0.3) is 11.8 Å². The fraction of sp³-hybridized carbons (Fsp3) is 0.400. The standard InChI is InChI=1S/C20H25N5O2/c1-3-23(4-2)19(26)16-8-10-21-17(15-16)20(27)25-13-11-24(12-14-25)18-7-5-6-9-22-18/h5-10,15H,3-4,11-14H2,1-2H3. The number of amides is 2. The summed E-state index contributed by atoms with van der Waals surface area (Å²) in [5, 5.41) is 0. The third-order valence-corrected chi connectivity index (χ3v) is 4.82. The minimum atomic E-state index is -0.134. The fourth-order valence-electron chi connectivity index (χ4n) is 3.22. The molecule has 0 aromatic carbocycles. The smallest absolute Gasteiger partial charge is 0.272 e. The zero-order valence-corrected chi connectivity index (χ0v) is 15.8. The van der Waals surface area contributed by atoms with Crippen molar-refractivity contribution in [2.24, 2.45) is 0 Å². The van der Waals surface area contributed by atoms with Gasteiger partial charge in [-0.05, 0) is 38.1 Å². The molecule has 2 amide bonds. The van der Waals surface area contributed by atoms with E-state index in [9.17, 15) is 9.59 Å². The number of anilines is 1. The average Bonchev–Trinajstić information content (AvgIpc) is 2.75. The summed E-state index contributed by atoms with van der Waals surface area (Å²) < 4.78 is 0. The van der Waals surface area contributed by atoms with E-state index in [4.69, 9.17) is 0 Å². The Kier molecular flexibility index (Phi) is 6.01. The first-order valence-electron chi connectivity index (χ1n) is 9.34. The largest absolute Gasteiger partial charge is 0.353 e. The highest BCUT2D eigenvalue weighted by atomic mass is 16.2. The van der Waals surface area contributed by atoms with Gasteiger partial charge in [-0.1, -0.05) is 6.07 Å². The number of piperazine rings is 1. The highest BCUT2D eigenvalue weighted by molar-refractivity contribution is 5.98. The monoisotopic (exact) mass is 367 g/mol. The molecule has 0 atom stereocenters. The van der Waals surface area contributed by atoms with Gasteiger partial charge >= 0.3 is 0 Å². The van der Waals surface area contributed by atoms with Crippen LogP contribution in [-0.4, -0.2) is 70.9 Å². The Morgan fingerprint density at radius 1 is 1.00 bits per heavy atom. The third kappa shape index (κ3) is 4.24. The van der Waals surface area contributed by atoms with Gasteiger partial charge < -0.3 is 14.7 Å². The average molecular weight is 367 g/mol. The van der Waals surface area contributed by atoms with Crippen molar-refractivity contribution < 1.29 is 9.59 Å². The summed E-state index contributed by atoms with van der Waals surface area (Å²) >= 11 is 0. The molecule has 1 aliphatic rings. The molecule has 0 spiro atoms. The van der Waals surface area contributed by atoms with E-state index in [0.29, 0.717) is 37.4 Å². The maximum Gasteiger partial charge on any atom is 0.272 e. The summed E-state index contributed by atoms with van der Waals surface area (Å²) in [4.78, 5) is 39.6. The van der Waals surface area contributed by atoms with Crippen molar-refractivity contribution in [3.05, 3.63) is 54.0 Å². The third-order valence-electron chi connectivity index (χ3n) is 4.82. The van der Waals surface area contributed by atoms with Crippen LogP contribution < -0.4 is 4.90 Å². The van der Waals surface area contributed by atoms with Gasteiger partial charge in [0, 0.05) is 57.2 Å². The molecule has 1 fully saturated rings. The Labute approximate surface area is 159 Å². The molecule has 0 N–H and O–H groups in total. The first-order chi connectivity index (χ1) is 13.1. The topological polar surface area (TPSA) is 69.6 Å². The van der Waals surface area contributed by atoms with Gasteiger partial charge in [-0.2, -0.15) is 0 Å². The Morgan fingerprint density at radius 3 is 2.37 bits per heavy atom. The summed E-state index contributed by atoms with van der Waals surface area (Å²) in [6.45, 7) is 7.80. The lowest BCUT2D eigenvalue weighted by Gasteiger charge is -2.35. The molecule has 7 heteroatoms. The number of carbonyl (C=O) groups is 2. The lowest BCUT2D eigenvalue weighted by atomic mass is 10.1. The first kappa shape index (κ1) is 18.8. The number of hydrogen-bond donors (Lipinski definition) is 0. The zero-order chi connectivity index (χ0) is 19.2. The lowest BCUT2D eigenvalue weighted by Crippen LogP contribution is -2.49. The van der Waals surface area contributed by atoms with E-state index in [1.807, 2.05) is 32.0 Å².